The van der Waals surface area contributed by atoms with Crippen LogP contribution in [-0.4, -0.2) is 30.7 Å². The van der Waals surface area contributed by atoms with E-state index in [1.165, 1.54) is 6.42 Å². The van der Waals surface area contributed by atoms with Gasteiger partial charge in [-0.05, 0) is 44.6 Å². The van der Waals surface area contributed by atoms with Gasteiger partial charge in [-0.2, -0.15) is 0 Å². The molecule has 2 aliphatic heterocycles. The molecule has 0 spiro atoms. The number of carbonyl (C=O) groups is 1. The number of nitrogens with one attached hydrogen (secondary N) is 1. The van der Waals surface area contributed by atoms with Crippen molar-refractivity contribution in [1.29, 1.82) is 0 Å². The van der Waals surface area contributed by atoms with Crippen LogP contribution in [0, 0.1) is 11.8 Å². The molecule has 3 N–H and O–H groups in total. The van der Waals surface area contributed by atoms with Gasteiger partial charge in [0.15, 0.2) is 0 Å². The molecule has 0 radical (unpaired) electrons. The maximum atomic E-state index is 12.2. The Morgan fingerprint density at radius 2 is 2.11 bits per heavy atom. The third-order valence-electron chi connectivity index (χ3n) is 4.73. The van der Waals surface area contributed by atoms with Crippen LogP contribution in [-0.2, 0) is 9.53 Å². The van der Waals surface area contributed by atoms with Gasteiger partial charge in [0.2, 0.25) is 5.91 Å². The predicted octanol–water partition coefficient (Wildman–Crippen LogP) is 1.22. The molecule has 3 aliphatic rings. The Balaban J connectivity index is 0.00000120. The zero-order chi connectivity index (χ0) is 11.8. The maximum Gasteiger partial charge on any atom is 0.223 e. The summed E-state index contributed by atoms with van der Waals surface area (Å²) >= 11 is 0. The second kappa shape index (κ2) is 5.76. The smallest absolute Gasteiger partial charge is 0.223 e. The monoisotopic (exact) mass is 274 g/mol. The molecular weight excluding hydrogens is 252 g/mol. The molecule has 104 valence electrons. The van der Waals surface area contributed by atoms with E-state index in [4.69, 9.17) is 10.5 Å². The minimum Gasteiger partial charge on any atom is -0.373 e. The second-order valence-electron chi connectivity index (χ2n) is 5.76. The summed E-state index contributed by atoms with van der Waals surface area (Å²) in [5, 5.41) is 3.20. The fourth-order valence-corrected chi connectivity index (χ4v) is 3.74. The summed E-state index contributed by atoms with van der Waals surface area (Å²) in [7, 11) is 0. The lowest BCUT2D eigenvalue weighted by Gasteiger charge is -2.24. The van der Waals surface area contributed by atoms with Crippen LogP contribution in [0.4, 0.5) is 0 Å². The third-order valence-corrected chi connectivity index (χ3v) is 4.73. The molecule has 5 atom stereocenters. The number of ether oxygens (including phenoxy) is 1. The van der Waals surface area contributed by atoms with Crippen LogP contribution in [0.3, 0.4) is 0 Å². The largest absolute Gasteiger partial charge is 0.373 e. The molecule has 4 nitrogen and oxygen atoms in total. The SMILES string of the molecule is Cl.NC[C@H]1CCC[C@H]1C(=O)N[C@@H]1C[C@H]2CC[C@@H]1O2. The fraction of sp³-hybridized carbons (Fsp3) is 0.923. The van der Waals surface area contributed by atoms with Gasteiger partial charge in [-0.15, -0.1) is 12.4 Å². The minimum atomic E-state index is 0. The number of rotatable bonds is 3. The first kappa shape index (κ1) is 14.1. The predicted molar refractivity (Wildman–Crippen MR) is 71.6 cm³/mol. The van der Waals surface area contributed by atoms with Gasteiger partial charge in [0.05, 0.1) is 18.2 Å². The number of nitrogens with two attached hydrogens (primary N) is 1. The molecule has 0 aromatic rings. The highest BCUT2D eigenvalue weighted by atomic mass is 35.5. The van der Waals surface area contributed by atoms with Gasteiger partial charge in [0, 0.05) is 5.92 Å². The van der Waals surface area contributed by atoms with E-state index in [-0.39, 0.29) is 36.4 Å². The van der Waals surface area contributed by atoms with Crippen molar-refractivity contribution >= 4 is 18.3 Å². The third kappa shape index (κ3) is 2.51. The maximum absolute atomic E-state index is 12.2. The first-order valence-electron chi connectivity index (χ1n) is 6.94. The topological polar surface area (TPSA) is 64.4 Å². The molecular formula is C13H23ClN2O2. The van der Waals surface area contributed by atoms with Crippen LogP contribution in [0.5, 0.6) is 0 Å². The van der Waals surface area contributed by atoms with Crippen molar-refractivity contribution in [2.75, 3.05) is 6.54 Å². The highest BCUT2D eigenvalue weighted by Crippen LogP contribution is 2.36. The first-order chi connectivity index (χ1) is 8.28. The van der Waals surface area contributed by atoms with Crippen molar-refractivity contribution in [1.82, 2.24) is 5.32 Å². The van der Waals surface area contributed by atoms with Crippen molar-refractivity contribution in [2.24, 2.45) is 17.6 Å². The van der Waals surface area contributed by atoms with E-state index in [0.717, 1.165) is 32.1 Å². The number of fused-ring (bicyclic) bond motifs is 2. The average molecular weight is 275 g/mol. The van der Waals surface area contributed by atoms with E-state index in [1.54, 1.807) is 0 Å². The first-order valence-corrected chi connectivity index (χ1v) is 6.94. The van der Waals surface area contributed by atoms with E-state index >= 15 is 0 Å². The fourth-order valence-electron chi connectivity index (χ4n) is 3.74. The van der Waals surface area contributed by atoms with Gasteiger partial charge in [-0.1, -0.05) is 6.42 Å². The van der Waals surface area contributed by atoms with Crippen LogP contribution in [0.15, 0.2) is 0 Å². The molecule has 2 bridgehead atoms. The Kier molecular flexibility index (Phi) is 4.51. The Morgan fingerprint density at radius 1 is 1.28 bits per heavy atom. The molecule has 3 rings (SSSR count). The number of amides is 1. The van der Waals surface area contributed by atoms with Crippen molar-refractivity contribution in [3.8, 4) is 0 Å². The molecule has 0 aromatic heterocycles. The lowest BCUT2D eigenvalue weighted by Crippen LogP contribution is -2.45. The normalized spacial score (nSPS) is 41.7. The Bertz CT molecular complexity index is 313. The lowest BCUT2D eigenvalue weighted by atomic mass is 9.92. The van der Waals surface area contributed by atoms with Gasteiger partial charge >= 0.3 is 0 Å². The van der Waals surface area contributed by atoms with E-state index in [0.29, 0.717) is 18.6 Å². The standard InChI is InChI=1S/C13H22N2O2.ClH/c14-7-8-2-1-3-10(8)13(16)15-11-6-9-4-5-12(11)17-9;/h8-12H,1-7,14H2,(H,15,16);1H/t8-,9-,10-,11-,12+;/m1./s1. The lowest BCUT2D eigenvalue weighted by molar-refractivity contribution is -0.127. The Hall–Kier alpha value is -0.320. The molecule has 1 amide bonds. The molecule has 2 saturated heterocycles. The van der Waals surface area contributed by atoms with Crippen molar-refractivity contribution < 1.29 is 9.53 Å². The Morgan fingerprint density at radius 3 is 2.72 bits per heavy atom. The van der Waals surface area contributed by atoms with Gasteiger partial charge in [-0.25, -0.2) is 0 Å². The summed E-state index contributed by atoms with van der Waals surface area (Å²) in [5.41, 5.74) is 5.73. The van der Waals surface area contributed by atoms with Crippen LogP contribution in [0.2, 0.25) is 0 Å². The molecule has 2 heterocycles. The number of hydrogen-bond donors (Lipinski definition) is 2. The molecule has 3 fully saturated rings. The highest BCUT2D eigenvalue weighted by Gasteiger charge is 2.42. The van der Waals surface area contributed by atoms with E-state index in [1.807, 2.05) is 0 Å². The van der Waals surface area contributed by atoms with Crippen molar-refractivity contribution in [3.05, 3.63) is 0 Å². The summed E-state index contributed by atoms with van der Waals surface area (Å²) in [6.07, 6.45) is 7.24. The molecule has 1 aliphatic carbocycles. The average Bonchev–Trinajstić information content (AvgIpc) is 3.04. The van der Waals surface area contributed by atoms with Gasteiger partial charge < -0.3 is 15.8 Å². The molecule has 0 aromatic carbocycles. The second-order valence-corrected chi connectivity index (χ2v) is 5.76. The molecule has 5 heteroatoms. The molecule has 18 heavy (non-hydrogen) atoms. The van der Waals surface area contributed by atoms with Crippen LogP contribution < -0.4 is 11.1 Å². The van der Waals surface area contributed by atoms with Gasteiger partial charge in [0.25, 0.3) is 0 Å². The summed E-state index contributed by atoms with van der Waals surface area (Å²) < 4.78 is 5.76. The Labute approximate surface area is 114 Å². The zero-order valence-corrected chi connectivity index (χ0v) is 11.5. The summed E-state index contributed by atoms with van der Waals surface area (Å²) in [4.78, 5) is 12.2. The van der Waals surface area contributed by atoms with E-state index in [2.05, 4.69) is 5.32 Å². The summed E-state index contributed by atoms with van der Waals surface area (Å²) in [6, 6.07) is 0.264. The quantitative estimate of drug-likeness (QED) is 0.813. The molecule has 0 unspecified atom stereocenters. The van der Waals surface area contributed by atoms with E-state index < -0.39 is 0 Å². The van der Waals surface area contributed by atoms with Gasteiger partial charge in [0.1, 0.15) is 0 Å². The van der Waals surface area contributed by atoms with Crippen molar-refractivity contribution in [3.63, 3.8) is 0 Å². The summed E-state index contributed by atoms with van der Waals surface area (Å²) in [6.45, 7) is 0.644. The highest BCUT2D eigenvalue weighted by molar-refractivity contribution is 5.85. The molecule has 1 saturated carbocycles. The number of hydrogen-bond acceptors (Lipinski definition) is 3. The van der Waals surface area contributed by atoms with Crippen LogP contribution >= 0.6 is 12.4 Å². The number of halogens is 1. The van der Waals surface area contributed by atoms with Crippen LogP contribution in [0.1, 0.15) is 38.5 Å². The van der Waals surface area contributed by atoms with Crippen molar-refractivity contribution in [2.45, 2.75) is 56.8 Å². The zero-order valence-electron chi connectivity index (χ0n) is 10.6. The van der Waals surface area contributed by atoms with Gasteiger partial charge in [-0.3, -0.25) is 4.79 Å². The van der Waals surface area contributed by atoms with E-state index in [9.17, 15) is 4.79 Å². The van der Waals surface area contributed by atoms with Crippen LogP contribution in [0.25, 0.3) is 0 Å². The minimum absolute atomic E-state index is 0. The summed E-state index contributed by atoms with van der Waals surface area (Å²) in [5.74, 6) is 0.771. The number of carbonyl (C=O) groups excluding carboxylic acids is 1.